The number of carbonyl (C=O) groups excluding carboxylic acids is 1. The van der Waals surface area contributed by atoms with Gasteiger partial charge >= 0.3 is 0 Å². The Labute approximate surface area is 103 Å². The number of carbonyl (C=O) groups is 1. The van der Waals surface area contributed by atoms with Crippen molar-refractivity contribution < 1.29 is 4.79 Å². The Morgan fingerprint density at radius 2 is 1.75 bits per heavy atom. The van der Waals surface area contributed by atoms with Gasteiger partial charge in [0.25, 0.3) is 0 Å². The molecule has 0 saturated carbocycles. The number of unbranched alkanes of at least 4 members (excludes halogenated alkanes) is 4. The molecule has 0 aliphatic rings. The number of hydrogen-bond donors (Lipinski definition) is 0. The van der Waals surface area contributed by atoms with Crippen LogP contribution in [0, 0.1) is 0 Å². The molecule has 0 saturated heterocycles. The monoisotopic (exact) mass is 236 g/mol. The summed E-state index contributed by atoms with van der Waals surface area (Å²) in [6.07, 6.45) is 6.30. The summed E-state index contributed by atoms with van der Waals surface area (Å²) in [4.78, 5) is 11.7. The Balaban J connectivity index is 2.12. The van der Waals surface area contributed by atoms with Gasteiger partial charge in [-0.3, -0.25) is 4.79 Å². The second-order valence-electron chi connectivity index (χ2n) is 3.92. The molecule has 0 aliphatic heterocycles. The number of benzene rings is 1. The van der Waals surface area contributed by atoms with Crippen LogP contribution < -0.4 is 0 Å². The molecule has 0 bridgehead atoms. The first-order chi connectivity index (χ1) is 7.84. The van der Waals surface area contributed by atoms with Gasteiger partial charge in [0.1, 0.15) is 0 Å². The molecule has 1 aromatic carbocycles. The highest BCUT2D eigenvalue weighted by Crippen LogP contribution is 2.14. The topological polar surface area (TPSA) is 17.1 Å². The average molecular weight is 236 g/mol. The molecular formula is C14H20OS. The fourth-order valence-corrected chi connectivity index (χ4v) is 2.36. The van der Waals surface area contributed by atoms with E-state index in [0.29, 0.717) is 0 Å². The fraction of sp³-hybridized carbons (Fsp3) is 0.500. The Kier molecular flexibility index (Phi) is 6.98. The van der Waals surface area contributed by atoms with E-state index in [1.807, 2.05) is 30.3 Å². The molecule has 1 nitrogen and oxygen atoms in total. The lowest BCUT2D eigenvalue weighted by atomic mass is 10.2. The van der Waals surface area contributed by atoms with E-state index < -0.39 is 0 Å². The SMILES string of the molecule is CCCCCCCSC(=O)c1ccccc1. The van der Waals surface area contributed by atoms with Crippen LogP contribution in [-0.4, -0.2) is 10.9 Å². The van der Waals surface area contributed by atoms with Crippen molar-refractivity contribution in [3.05, 3.63) is 35.9 Å². The van der Waals surface area contributed by atoms with Gasteiger partial charge in [0, 0.05) is 11.3 Å². The molecule has 0 heterocycles. The number of rotatable bonds is 7. The molecule has 16 heavy (non-hydrogen) atoms. The van der Waals surface area contributed by atoms with Gasteiger partial charge in [0.15, 0.2) is 0 Å². The molecule has 1 aromatic rings. The van der Waals surface area contributed by atoms with E-state index in [9.17, 15) is 4.79 Å². The van der Waals surface area contributed by atoms with Crippen LogP contribution in [0.2, 0.25) is 0 Å². The number of hydrogen-bond acceptors (Lipinski definition) is 2. The maximum Gasteiger partial charge on any atom is 0.219 e. The summed E-state index contributed by atoms with van der Waals surface area (Å²) in [5.41, 5.74) is 0.820. The summed E-state index contributed by atoms with van der Waals surface area (Å²) in [6, 6.07) is 9.52. The zero-order chi connectivity index (χ0) is 11.6. The lowest BCUT2D eigenvalue weighted by Gasteiger charge is -2.01. The predicted molar refractivity (Wildman–Crippen MR) is 72.0 cm³/mol. The van der Waals surface area contributed by atoms with Crippen molar-refractivity contribution in [2.45, 2.75) is 39.0 Å². The maximum atomic E-state index is 11.7. The highest BCUT2D eigenvalue weighted by molar-refractivity contribution is 8.14. The van der Waals surface area contributed by atoms with Gasteiger partial charge in [-0.15, -0.1) is 0 Å². The standard InChI is InChI=1S/C14H20OS/c1-2-3-4-5-9-12-16-14(15)13-10-7-6-8-11-13/h6-8,10-11H,2-5,9,12H2,1H3. The molecule has 0 radical (unpaired) electrons. The van der Waals surface area contributed by atoms with E-state index in [-0.39, 0.29) is 5.12 Å². The smallest absolute Gasteiger partial charge is 0.219 e. The zero-order valence-electron chi connectivity index (χ0n) is 9.95. The normalized spacial score (nSPS) is 10.3. The van der Waals surface area contributed by atoms with E-state index in [1.165, 1.54) is 37.4 Å². The van der Waals surface area contributed by atoms with Crippen molar-refractivity contribution >= 4 is 16.9 Å². The molecule has 2 heteroatoms. The fourth-order valence-electron chi connectivity index (χ4n) is 1.53. The molecular weight excluding hydrogens is 216 g/mol. The van der Waals surface area contributed by atoms with Crippen LogP contribution in [0.15, 0.2) is 30.3 Å². The predicted octanol–water partition coefficient (Wildman–Crippen LogP) is 4.53. The van der Waals surface area contributed by atoms with Crippen molar-refractivity contribution in [3.63, 3.8) is 0 Å². The van der Waals surface area contributed by atoms with E-state index in [1.54, 1.807) is 0 Å². The van der Waals surface area contributed by atoms with Gasteiger partial charge < -0.3 is 0 Å². The van der Waals surface area contributed by atoms with Gasteiger partial charge in [-0.2, -0.15) is 0 Å². The van der Waals surface area contributed by atoms with E-state index >= 15 is 0 Å². The molecule has 0 fully saturated rings. The maximum absolute atomic E-state index is 11.7. The molecule has 0 spiro atoms. The molecule has 0 amide bonds. The molecule has 88 valence electrons. The summed E-state index contributed by atoms with van der Waals surface area (Å²) in [5, 5.41) is 0.205. The first-order valence-corrected chi connectivity index (χ1v) is 7.05. The lowest BCUT2D eigenvalue weighted by Crippen LogP contribution is -1.94. The van der Waals surface area contributed by atoms with Crippen LogP contribution in [0.1, 0.15) is 49.4 Å². The molecule has 0 atom stereocenters. The lowest BCUT2D eigenvalue weighted by molar-refractivity contribution is 0.108. The van der Waals surface area contributed by atoms with Crippen LogP contribution in [0.3, 0.4) is 0 Å². The first kappa shape index (κ1) is 13.3. The van der Waals surface area contributed by atoms with Crippen LogP contribution in [0.4, 0.5) is 0 Å². The zero-order valence-corrected chi connectivity index (χ0v) is 10.8. The quantitative estimate of drug-likeness (QED) is 0.647. The van der Waals surface area contributed by atoms with Crippen molar-refractivity contribution in [1.82, 2.24) is 0 Å². The van der Waals surface area contributed by atoms with E-state index in [2.05, 4.69) is 6.92 Å². The summed E-state index contributed by atoms with van der Waals surface area (Å²) in [5.74, 6) is 0.956. The van der Waals surface area contributed by atoms with Crippen molar-refractivity contribution in [3.8, 4) is 0 Å². The second kappa shape index (κ2) is 8.40. The van der Waals surface area contributed by atoms with Crippen molar-refractivity contribution in [2.75, 3.05) is 5.75 Å². The third-order valence-corrected chi connectivity index (χ3v) is 3.48. The Morgan fingerprint density at radius 1 is 1.06 bits per heavy atom. The van der Waals surface area contributed by atoms with Gasteiger partial charge in [-0.25, -0.2) is 0 Å². The van der Waals surface area contributed by atoms with E-state index in [0.717, 1.165) is 17.7 Å². The Hall–Kier alpha value is -0.760. The van der Waals surface area contributed by atoms with Crippen LogP contribution >= 0.6 is 11.8 Å². The number of thioether (sulfide) groups is 1. The molecule has 0 aliphatic carbocycles. The van der Waals surface area contributed by atoms with Crippen molar-refractivity contribution in [2.24, 2.45) is 0 Å². The van der Waals surface area contributed by atoms with Gasteiger partial charge in [-0.05, 0) is 6.42 Å². The van der Waals surface area contributed by atoms with Gasteiger partial charge in [0.05, 0.1) is 0 Å². The molecule has 1 rings (SSSR count). The Morgan fingerprint density at radius 3 is 2.44 bits per heavy atom. The summed E-state index contributed by atoms with van der Waals surface area (Å²) in [7, 11) is 0. The minimum absolute atomic E-state index is 0.205. The minimum Gasteiger partial charge on any atom is -0.282 e. The Bertz CT molecular complexity index is 295. The third kappa shape index (κ3) is 5.36. The largest absolute Gasteiger partial charge is 0.282 e. The average Bonchev–Trinajstić information content (AvgIpc) is 2.34. The van der Waals surface area contributed by atoms with Gasteiger partial charge in [-0.1, -0.05) is 74.7 Å². The summed E-state index contributed by atoms with van der Waals surface area (Å²) >= 11 is 1.45. The van der Waals surface area contributed by atoms with Crippen molar-refractivity contribution in [1.29, 1.82) is 0 Å². The highest BCUT2D eigenvalue weighted by Gasteiger charge is 2.04. The van der Waals surface area contributed by atoms with Crippen LogP contribution in [0.25, 0.3) is 0 Å². The van der Waals surface area contributed by atoms with Crippen LogP contribution in [-0.2, 0) is 0 Å². The molecule has 0 unspecified atom stereocenters. The highest BCUT2D eigenvalue weighted by atomic mass is 32.2. The summed E-state index contributed by atoms with van der Waals surface area (Å²) in [6.45, 7) is 2.22. The molecule has 0 N–H and O–H groups in total. The molecule has 0 aromatic heterocycles. The van der Waals surface area contributed by atoms with Gasteiger partial charge in [0.2, 0.25) is 5.12 Å². The minimum atomic E-state index is 0.205. The second-order valence-corrected chi connectivity index (χ2v) is 4.98. The summed E-state index contributed by atoms with van der Waals surface area (Å²) < 4.78 is 0. The first-order valence-electron chi connectivity index (χ1n) is 6.06. The van der Waals surface area contributed by atoms with E-state index in [4.69, 9.17) is 0 Å². The van der Waals surface area contributed by atoms with Crippen LogP contribution in [0.5, 0.6) is 0 Å². The third-order valence-electron chi connectivity index (χ3n) is 2.49.